The molecule has 0 aromatic rings. The van der Waals surface area contributed by atoms with E-state index in [0.29, 0.717) is 45.9 Å². The first-order valence-corrected chi connectivity index (χ1v) is 14.1. The molecule has 5 aliphatic rings. The number of cyclic esters (lactones) is 1. The molecule has 5 heterocycles. The van der Waals surface area contributed by atoms with Crippen molar-refractivity contribution >= 4 is 17.8 Å². The van der Waals surface area contributed by atoms with Crippen LogP contribution in [-0.2, 0) is 28.6 Å². The van der Waals surface area contributed by atoms with Crippen LogP contribution in [-0.4, -0.2) is 120 Å². The van der Waals surface area contributed by atoms with Crippen LogP contribution in [0.15, 0.2) is 24.3 Å². The van der Waals surface area contributed by atoms with Crippen LogP contribution in [0.2, 0.25) is 0 Å². The second kappa shape index (κ2) is 11.1. The lowest BCUT2D eigenvalue weighted by atomic mass is 9.73. The summed E-state index contributed by atoms with van der Waals surface area (Å²) in [5, 5.41) is 10.1. The van der Waals surface area contributed by atoms with Gasteiger partial charge in [-0.15, -0.1) is 0 Å². The molecule has 1 unspecified atom stereocenters. The van der Waals surface area contributed by atoms with Crippen molar-refractivity contribution in [2.45, 2.75) is 62.8 Å². The summed E-state index contributed by atoms with van der Waals surface area (Å²) in [6.45, 7) is 8.24. The third-order valence-corrected chi connectivity index (χ3v) is 8.93. The zero-order valence-electron chi connectivity index (χ0n) is 22.5. The fourth-order valence-electron chi connectivity index (χ4n) is 6.87. The summed E-state index contributed by atoms with van der Waals surface area (Å²) in [6, 6.07) is -1.59. The van der Waals surface area contributed by atoms with Crippen molar-refractivity contribution in [3.8, 4) is 0 Å². The van der Waals surface area contributed by atoms with Crippen molar-refractivity contribution in [1.29, 1.82) is 0 Å². The maximum atomic E-state index is 14.3. The third kappa shape index (κ3) is 4.49. The van der Waals surface area contributed by atoms with Gasteiger partial charge in [0.2, 0.25) is 11.8 Å². The van der Waals surface area contributed by atoms with E-state index < -0.39 is 41.1 Å². The average molecular weight is 532 g/mol. The Morgan fingerprint density at radius 2 is 1.82 bits per heavy atom. The Labute approximate surface area is 224 Å². The van der Waals surface area contributed by atoms with Crippen LogP contribution in [0, 0.1) is 11.8 Å². The van der Waals surface area contributed by atoms with Gasteiger partial charge >= 0.3 is 5.97 Å². The molecular formula is C28H41N3O7. The van der Waals surface area contributed by atoms with Gasteiger partial charge in [-0.25, -0.2) is 0 Å². The van der Waals surface area contributed by atoms with Gasteiger partial charge in [-0.3, -0.25) is 19.3 Å². The number of hydrogen-bond donors (Lipinski definition) is 1. The number of carbonyl (C=O) groups excluding carboxylic acids is 3. The number of morpholine rings is 1. The van der Waals surface area contributed by atoms with E-state index in [0.717, 1.165) is 32.4 Å². The highest BCUT2D eigenvalue weighted by molar-refractivity contribution is 5.99. The van der Waals surface area contributed by atoms with Crippen molar-refractivity contribution in [2.24, 2.45) is 11.8 Å². The van der Waals surface area contributed by atoms with E-state index in [1.54, 1.807) is 11.8 Å². The molecule has 6 atom stereocenters. The standard InChI is InChI=1S/C28H41N3O7/c1-3-27-9-6-4-5-7-16-37-26(35)22(27)21-24(33)31(20(2)19-32)23-25(34)30(11-8-10-28(21,23)38-27)13-12-29-14-17-36-18-15-29/h6,8-10,20-23,32H,3-5,7,11-19H2,1-2H3/b9-6-/t20-,21+,22+,23?,27-,28+/m1/s1. The molecule has 38 heavy (non-hydrogen) atoms. The number of allylic oxidation sites excluding steroid dienone is 1. The molecule has 0 aromatic heterocycles. The lowest BCUT2D eigenvalue weighted by Gasteiger charge is -2.40. The zero-order valence-corrected chi connectivity index (χ0v) is 22.5. The highest BCUT2D eigenvalue weighted by Gasteiger charge is 2.75. The van der Waals surface area contributed by atoms with Gasteiger partial charge in [0.15, 0.2) is 0 Å². The number of aliphatic hydroxyl groups is 1. The first-order chi connectivity index (χ1) is 18.4. The van der Waals surface area contributed by atoms with Crippen LogP contribution in [0.3, 0.4) is 0 Å². The average Bonchev–Trinajstić information content (AvgIpc) is 3.30. The smallest absolute Gasteiger partial charge is 0.313 e. The van der Waals surface area contributed by atoms with Gasteiger partial charge in [-0.1, -0.05) is 31.2 Å². The van der Waals surface area contributed by atoms with Crippen LogP contribution < -0.4 is 0 Å². The summed E-state index contributed by atoms with van der Waals surface area (Å²) in [4.78, 5) is 47.6. The molecule has 210 valence electrons. The predicted octanol–water partition coefficient (Wildman–Crippen LogP) is 0.742. The summed E-state index contributed by atoms with van der Waals surface area (Å²) in [5.74, 6) is -2.82. The quantitative estimate of drug-likeness (QED) is 0.395. The van der Waals surface area contributed by atoms with Gasteiger partial charge < -0.3 is 29.1 Å². The Balaban J connectivity index is 1.54. The topological polar surface area (TPSA) is 109 Å². The molecule has 5 rings (SSSR count). The molecule has 10 nitrogen and oxygen atoms in total. The number of aliphatic hydroxyl groups excluding tert-OH is 1. The largest absolute Gasteiger partial charge is 0.465 e. The van der Waals surface area contributed by atoms with Crippen molar-refractivity contribution in [3.63, 3.8) is 0 Å². The number of likely N-dealkylation sites (tertiary alicyclic amines) is 1. The molecule has 1 N–H and O–H groups in total. The van der Waals surface area contributed by atoms with E-state index in [2.05, 4.69) is 4.90 Å². The molecule has 1 spiro atoms. The second-order valence-electron chi connectivity index (χ2n) is 11.1. The molecule has 0 aromatic carbocycles. The number of rotatable bonds is 6. The highest BCUT2D eigenvalue weighted by atomic mass is 16.6. The third-order valence-electron chi connectivity index (χ3n) is 8.93. The fourth-order valence-corrected chi connectivity index (χ4v) is 6.87. The number of hydrogen-bond acceptors (Lipinski definition) is 8. The Kier molecular flexibility index (Phi) is 7.96. The lowest BCUT2D eigenvalue weighted by Crippen LogP contribution is -2.59. The van der Waals surface area contributed by atoms with E-state index in [4.69, 9.17) is 14.2 Å². The summed E-state index contributed by atoms with van der Waals surface area (Å²) < 4.78 is 18.1. The summed E-state index contributed by atoms with van der Waals surface area (Å²) in [6.07, 6.45) is 10.6. The second-order valence-corrected chi connectivity index (χ2v) is 11.1. The maximum Gasteiger partial charge on any atom is 0.313 e. The molecule has 10 heteroatoms. The van der Waals surface area contributed by atoms with Crippen LogP contribution in [0.25, 0.3) is 0 Å². The number of ether oxygens (including phenoxy) is 3. The first-order valence-electron chi connectivity index (χ1n) is 14.1. The van der Waals surface area contributed by atoms with Crippen LogP contribution >= 0.6 is 0 Å². The molecule has 2 amide bonds. The van der Waals surface area contributed by atoms with Gasteiger partial charge in [0, 0.05) is 32.7 Å². The molecule has 3 saturated heterocycles. The maximum absolute atomic E-state index is 14.3. The normalized spacial score (nSPS) is 37.8. The van der Waals surface area contributed by atoms with E-state index >= 15 is 0 Å². The van der Waals surface area contributed by atoms with Crippen molar-refractivity contribution in [1.82, 2.24) is 14.7 Å². The lowest BCUT2D eigenvalue weighted by molar-refractivity contribution is -0.163. The molecule has 0 bridgehead atoms. The van der Waals surface area contributed by atoms with Gasteiger partial charge in [-0.2, -0.15) is 0 Å². The number of fused-ring (bicyclic) bond motifs is 2. The minimum absolute atomic E-state index is 0.216. The first kappa shape index (κ1) is 27.3. The molecule has 0 saturated carbocycles. The van der Waals surface area contributed by atoms with E-state index in [1.165, 1.54) is 4.90 Å². The van der Waals surface area contributed by atoms with Gasteiger partial charge in [0.05, 0.1) is 38.4 Å². The molecule has 3 fully saturated rings. The Bertz CT molecular complexity index is 979. The number of amides is 2. The van der Waals surface area contributed by atoms with Crippen molar-refractivity contribution in [2.75, 3.05) is 59.2 Å². The predicted molar refractivity (Wildman–Crippen MR) is 138 cm³/mol. The van der Waals surface area contributed by atoms with Gasteiger partial charge in [0.25, 0.3) is 0 Å². The highest BCUT2D eigenvalue weighted by Crippen LogP contribution is 2.58. The Hall–Kier alpha value is -2.27. The van der Waals surface area contributed by atoms with Crippen LogP contribution in [0.5, 0.6) is 0 Å². The summed E-state index contributed by atoms with van der Waals surface area (Å²) >= 11 is 0. The van der Waals surface area contributed by atoms with Gasteiger partial charge in [-0.05, 0) is 32.6 Å². The van der Waals surface area contributed by atoms with Crippen molar-refractivity contribution in [3.05, 3.63) is 24.3 Å². The zero-order chi connectivity index (χ0) is 26.9. The number of carbonyl (C=O) groups is 3. The summed E-state index contributed by atoms with van der Waals surface area (Å²) in [7, 11) is 0. The fraction of sp³-hybridized carbons (Fsp3) is 0.750. The minimum atomic E-state index is -1.33. The molecule has 0 aliphatic carbocycles. The van der Waals surface area contributed by atoms with Crippen LogP contribution in [0.1, 0.15) is 39.5 Å². The van der Waals surface area contributed by atoms with Crippen LogP contribution in [0.4, 0.5) is 0 Å². The van der Waals surface area contributed by atoms with E-state index in [1.807, 2.05) is 31.2 Å². The Morgan fingerprint density at radius 3 is 2.55 bits per heavy atom. The SMILES string of the molecule is CC[C@@]12/C=C\CCCCOC(=O)[C@@H]1[C@H]1C(=O)N([C@H](C)CO)C3C(=O)N(CCN4CCOCC4)CC=C[C@@]31O2. The Morgan fingerprint density at radius 1 is 1.03 bits per heavy atom. The number of nitrogens with zero attached hydrogens (tertiary/aromatic N) is 3. The molecule has 5 aliphatic heterocycles. The molecular weight excluding hydrogens is 490 g/mol. The monoisotopic (exact) mass is 531 g/mol. The van der Waals surface area contributed by atoms with Crippen molar-refractivity contribution < 1.29 is 33.7 Å². The molecule has 0 radical (unpaired) electrons. The van der Waals surface area contributed by atoms with Gasteiger partial charge in [0.1, 0.15) is 23.2 Å². The van der Waals surface area contributed by atoms with E-state index in [-0.39, 0.29) is 18.4 Å². The summed E-state index contributed by atoms with van der Waals surface area (Å²) in [5.41, 5.74) is -2.39. The number of esters is 1. The minimum Gasteiger partial charge on any atom is -0.465 e. The van der Waals surface area contributed by atoms with E-state index in [9.17, 15) is 19.5 Å².